The van der Waals surface area contributed by atoms with Crippen molar-refractivity contribution in [1.82, 2.24) is 4.67 Å². The maximum atomic E-state index is 8.99. The molecule has 220 valence electrons. The van der Waals surface area contributed by atoms with Gasteiger partial charge >= 0.3 is 0 Å². The van der Waals surface area contributed by atoms with E-state index >= 15 is 0 Å². The fourth-order valence-electron chi connectivity index (χ4n) is 4.81. The number of benzene rings is 3. The predicted octanol–water partition coefficient (Wildman–Crippen LogP) is 7.69. The summed E-state index contributed by atoms with van der Waals surface area (Å²) in [5.41, 5.74) is 2.13. The maximum Gasteiger partial charge on any atom is 0.259 e. The number of ether oxygens (including phenoxy) is 3. The average Bonchev–Trinajstić information content (AvgIpc) is 2.99. The summed E-state index contributed by atoms with van der Waals surface area (Å²) < 4.78 is 32.4. The molecule has 1 atom stereocenters. The molecule has 0 heterocycles. The molecule has 0 N–H and O–H groups in total. The zero-order valence-corrected chi connectivity index (χ0v) is 26.0. The number of methoxy groups -OCH3 is 2. The largest absolute Gasteiger partial charge is 0.497 e. The molecule has 1 unspecified atom stereocenters. The van der Waals surface area contributed by atoms with E-state index < -0.39 is 14.1 Å². The van der Waals surface area contributed by atoms with E-state index in [0.29, 0.717) is 32.7 Å². The molecule has 0 amide bonds. The summed E-state index contributed by atoms with van der Waals surface area (Å²) >= 11 is 0. The van der Waals surface area contributed by atoms with Crippen molar-refractivity contribution in [3.05, 3.63) is 95.6 Å². The van der Waals surface area contributed by atoms with Crippen LogP contribution in [0.3, 0.4) is 0 Å². The van der Waals surface area contributed by atoms with Crippen LogP contribution in [-0.2, 0) is 19.4 Å². The normalized spacial score (nSPS) is 12.5. The Hall–Kier alpha value is -2.98. The number of rotatable bonds is 17. The highest BCUT2D eigenvalue weighted by Gasteiger charge is 2.38. The van der Waals surface area contributed by atoms with Gasteiger partial charge in [-0.05, 0) is 75.1 Å². The maximum absolute atomic E-state index is 8.99. The van der Waals surface area contributed by atoms with Gasteiger partial charge in [-0.2, -0.15) is 5.26 Å². The first kappa shape index (κ1) is 32.5. The van der Waals surface area contributed by atoms with E-state index in [1.54, 1.807) is 14.2 Å². The molecule has 8 heteroatoms. The molecule has 0 fully saturated rings. The first-order chi connectivity index (χ1) is 19.9. The smallest absolute Gasteiger partial charge is 0.259 e. The highest BCUT2D eigenvalue weighted by molar-refractivity contribution is 7.44. The summed E-state index contributed by atoms with van der Waals surface area (Å²) in [4.78, 5) is 0. The Labute approximate surface area is 246 Å². The Morgan fingerprint density at radius 1 is 0.707 bits per heavy atom. The van der Waals surface area contributed by atoms with Gasteiger partial charge in [0.15, 0.2) is 0 Å². The number of nitrogens with zero attached hydrogens (tertiary/aromatic N) is 2. The van der Waals surface area contributed by atoms with Crippen LogP contribution in [0.15, 0.2) is 78.9 Å². The predicted molar refractivity (Wildman–Crippen MR) is 164 cm³/mol. The molecule has 0 aliphatic carbocycles. The number of nitriles is 1. The van der Waals surface area contributed by atoms with Crippen molar-refractivity contribution in [2.75, 3.05) is 34.0 Å². The lowest BCUT2D eigenvalue weighted by atomic mass is 9.80. The van der Waals surface area contributed by atoms with Gasteiger partial charge in [0, 0.05) is 12.1 Å². The zero-order valence-electron chi connectivity index (χ0n) is 25.1. The van der Waals surface area contributed by atoms with E-state index in [1.807, 2.05) is 42.5 Å². The molecule has 0 spiro atoms. The summed E-state index contributed by atoms with van der Waals surface area (Å²) in [5.74, 6) is 1.56. The summed E-state index contributed by atoms with van der Waals surface area (Å²) in [7, 11) is 2.03. The average molecular weight is 579 g/mol. The highest BCUT2D eigenvalue weighted by atomic mass is 31.2. The first-order valence-corrected chi connectivity index (χ1v) is 15.2. The molecular formula is C33H43N2O5P. The van der Waals surface area contributed by atoms with Gasteiger partial charge in [-0.1, -0.05) is 54.6 Å². The van der Waals surface area contributed by atoms with Gasteiger partial charge in [0.25, 0.3) is 8.53 Å². The van der Waals surface area contributed by atoms with Crippen LogP contribution in [0.5, 0.6) is 11.5 Å². The summed E-state index contributed by atoms with van der Waals surface area (Å²) in [6, 6.07) is 28.9. The monoisotopic (exact) mass is 578 g/mol. The minimum absolute atomic E-state index is 0.246. The third-order valence-electron chi connectivity index (χ3n) is 6.64. The van der Waals surface area contributed by atoms with Crippen molar-refractivity contribution in [3.63, 3.8) is 0 Å². The van der Waals surface area contributed by atoms with Crippen LogP contribution in [0.1, 0.15) is 57.2 Å². The molecular weight excluding hydrogens is 535 g/mol. The van der Waals surface area contributed by atoms with Gasteiger partial charge in [-0.3, -0.25) is 0 Å². The molecule has 0 aliphatic rings. The van der Waals surface area contributed by atoms with Crippen molar-refractivity contribution in [1.29, 1.82) is 5.26 Å². The molecule has 7 nitrogen and oxygen atoms in total. The van der Waals surface area contributed by atoms with Gasteiger partial charge < -0.3 is 23.3 Å². The van der Waals surface area contributed by atoms with Gasteiger partial charge in [-0.15, -0.1) is 0 Å². The molecule has 0 radical (unpaired) electrons. The Kier molecular flexibility index (Phi) is 13.1. The minimum atomic E-state index is -1.30. The number of hydrogen-bond acceptors (Lipinski definition) is 7. The standard InChI is InChI=1S/C33H43N2O5P/c1-26(2)35(27(3)4)41(39-24-10-22-34)40-25-11-23-38-33(28-12-8-7-9-13-28,29-14-18-31(36-5)19-15-29)30-16-20-32(37-6)21-17-30/h7-9,12-21,26-27H,10-11,23-25H2,1-6H3. The summed E-state index contributed by atoms with van der Waals surface area (Å²) in [6.07, 6.45) is 0.990. The van der Waals surface area contributed by atoms with Crippen LogP contribution in [0.2, 0.25) is 0 Å². The van der Waals surface area contributed by atoms with E-state index in [4.69, 9.17) is 28.5 Å². The van der Waals surface area contributed by atoms with Crippen molar-refractivity contribution in [2.45, 2.75) is 58.2 Å². The molecule has 3 rings (SSSR count). The van der Waals surface area contributed by atoms with E-state index in [0.717, 1.165) is 28.2 Å². The van der Waals surface area contributed by atoms with E-state index in [-0.39, 0.29) is 12.1 Å². The van der Waals surface area contributed by atoms with Gasteiger partial charge in [-0.25, -0.2) is 4.67 Å². The minimum Gasteiger partial charge on any atom is -0.497 e. The fourth-order valence-corrected chi connectivity index (χ4v) is 6.44. The number of hydrogen-bond donors (Lipinski definition) is 0. The van der Waals surface area contributed by atoms with E-state index in [9.17, 15) is 0 Å². The van der Waals surface area contributed by atoms with Crippen LogP contribution in [0.4, 0.5) is 0 Å². The van der Waals surface area contributed by atoms with Crippen molar-refractivity contribution < 1.29 is 23.3 Å². The van der Waals surface area contributed by atoms with Crippen molar-refractivity contribution in [2.24, 2.45) is 0 Å². The van der Waals surface area contributed by atoms with Gasteiger partial charge in [0.05, 0.1) is 46.5 Å². The van der Waals surface area contributed by atoms with E-state index in [2.05, 4.69) is 74.8 Å². The summed E-state index contributed by atoms with van der Waals surface area (Å²) in [5, 5.41) is 8.99. The van der Waals surface area contributed by atoms with E-state index in [1.165, 1.54) is 0 Å². The van der Waals surface area contributed by atoms with Crippen LogP contribution >= 0.6 is 8.53 Å². The molecule has 0 bridgehead atoms. The van der Waals surface area contributed by atoms with Crippen LogP contribution < -0.4 is 9.47 Å². The third kappa shape index (κ3) is 8.52. The lowest BCUT2D eigenvalue weighted by Gasteiger charge is -2.37. The fraction of sp³-hybridized carbons (Fsp3) is 0.424. The lowest BCUT2D eigenvalue weighted by molar-refractivity contribution is 0.00632. The Morgan fingerprint density at radius 3 is 1.66 bits per heavy atom. The molecule has 41 heavy (non-hydrogen) atoms. The van der Waals surface area contributed by atoms with Crippen LogP contribution in [-0.4, -0.2) is 50.8 Å². The SMILES string of the molecule is COc1ccc(C(OCCCOP(OCCC#N)N(C(C)C)C(C)C)(c2ccccc2)c2ccc(OC)cc2)cc1. The van der Waals surface area contributed by atoms with Crippen LogP contribution in [0, 0.1) is 11.3 Å². The van der Waals surface area contributed by atoms with Gasteiger partial charge in [0.1, 0.15) is 17.1 Å². The van der Waals surface area contributed by atoms with Crippen LogP contribution in [0.25, 0.3) is 0 Å². The Bertz CT molecular complexity index is 1140. The topological polar surface area (TPSA) is 73.2 Å². The molecule has 0 aliphatic heterocycles. The molecule has 0 aromatic heterocycles. The second-order valence-electron chi connectivity index (χ2n) is 10.1. The Morgan fingerprint density at radius 2 is 1.20 bits per heavy atom. The molecule has 3 aromatic rings. The molecule has 0 saturated heterocycles. The quantitative estimate of drug-likeness (QED) is 0.0923. The first-order valence-electron chi connectivity index (χ1n) is 14.1. The zero-order chi connectivity index (χ0) is 29.7. The molecule has 0 saturated carbocycles. The third-order valence-corrected chi connectivity index (χ3v) is 8.75. The second kappa shape index (κ2) is 16.5. The van der Waals surface area contributed by atoms with Crippen molar-refractivity contribution >= 4 is 8.53 Å². The van der Waals surface area contributed by atoms with Crippen molar-refractivity contribution in [3.8, 4) is 17.6 Å². The van der Waals surface area contributed by atoms with Gasteiger partial charge in [0.2, 0.25) is 0 Å². The Balaban J connectivity index is 1.88. The highest BCUT2D eigenvalue weighted by Crippen LogP contribution is 2.46. The lowest BCUT2D eigenvalue weighted by Crippen LogP contribution is -2.34. The second-order valence-corrected chi connectivity index (χ2v) is 11.5. The molecule has 3 aromatic carbocycles. The summed E-state index contributed by atoms with van der Waals surface area (Å²) in [6.45, 7) is 9.78.